The van der Waals surface area contributed by atoms with Crippen LogP contribution < -0.4 is 0 Å². The number of likely N-dealkylation sites (tertiary alicyclic amines) is 1. The highest BCUT2D eigenvalue weighted by atomic mass is 16.7. The summed E-state index contributed by atoms with van der Waals surface area (Å²) in [4.78, 5) is 2.33. The number of rotatable bonds is 3. The molecule has 0 aromatic heterocycles. The molecule has 0 spiro atoms. The Kier molecular flexibility index (Phi) is 3.75. The maximum Gasteiger partial charge on any atom is 0.170 e. The number of hydrogen-bond acceptors (Lipinski definition) is 4. The van der Waals surface area contributed by atoms with Gasteiger partial charge in [0.25, 0.3) is 0 Å². The normalized spacial score (nSPS) is 31.1. The lowest BCUT2D eigenvalue weighted by Gasteiger charge is -2.32. The van der Waals surface area contributed by atoms with Crippen molar-refractivity contribution in [2.45, 2.75) is 19.1 Å². The molecule has 1 unspecified atom stereocenters. The van der Waals surface area contributed by atoms with Crippen LogP contribution in [0.25, 0.3) is 0 Å². The first kappa shape index (κ1) is 10.4. The van der Waals surface area contributed by atoms with Gasteiger partial charge in [0.15, 0.2) is 6.29 Å². The van der Waals surface area contributed by atoms with Gasteiger partial charge in [0.2, 0.25) is 0 Å². The SMILES string of the molecule is OCC1CCCN(CC2OCCO2)C1. The standard InChI is InChI=1S/C10H19NO3/c12-8-9-2-1-3-11(6-9)7-10-13-4-5-14-10/h9-10,12H,1-8H2. The average molecular weight is 201 g/mol. The molecule has 2 rings (SSSR count). The molecule has 1 N–H and O–H groups in total. The Morgan fingerprint density at radius 3 is 2.79 bits per heavy atom. The van der Waals surface area contributed by atoms with Gasteiger partial charge in [-0.15, -0.1) is 0 Å². The van der Waals surface area contributed by atoms with Crippen LogP contribution in [0.5, 0.6) is 0 Å². The Bertz CT molecular complexity index is 171. The molecular formula is C10H19NO3. The lowest BCUT2D eigenvalue weighted by atomic mass is 9.99. The van der Waals surface area contributed by atoms with E-state index in [0.717, 1.165) is 39.3 Å². The third kappa shape index (κ3) is 2.67. The van der Waals surface area contributed by atoms with Crippen LogP contribution in [-0.2, 0) is 9.47 Å². The minimum atomic E-state index is -0.0348. The van der Waals surface area contributed by atoms with Crippen LogP contribution in [0.2, 0.25) is 0 Å². The van der Waals surface area contributed by atoms with E-state index in [2.05, 4.69) is 4.90 Å². The van der Waals surface area contributed by atoms with Gasteiger partial charge in [-0.05, 0) is 25.3 Å². The van der Waals surface area contributed by atoms with Crippen LogP contribution in [-0.4, -0.2) is 55.8 Å². The Balaban J connectivity index is 1.73. The molecule has 4 nitrogen and oxygen atoms in total. The third-order valence-electron chi connectivity index (χ3n) is 2.96. The molecule has 0 amide bonds. The van der Waals surface area contributed by atoms with Crippen LogP contribution >= 0.6 is 0 Å². The van der Waals surface area contributed by atoms with Gasteiger partial charge in [-0.25, -0.2) is 0 Å². The van der Waals surface area contributed by atoms with Gasteiger partial charge in [0.1, 0.15) is 0 Å². The third-order valence-corrected chi connectivity index (χ3v) is 2.96. The van der Waals surface area contributed by atoms with E-state index >= 15 is 0 Å². The fraction of sp³-hybridized carbons (Fsp3) is 1.00. The molecule has 0 saturated carbocycles. The van der Waals surface area contributed by atoms with Gasteiger partial charge in [-0.2, -0.15) is 0 Å². The zero-order chi connectivity index (χ0) is 9.80. The first-order chi connectivity index (χ1) is 6.88. The highest BCUT2D eigenvalue weighted by Gasteiger charge is 2.24. The molecule has 0 aliphatic carbocycles. The average Bonchev–Trinajstić information content (AvgIpc) is 2.71. The predicted octanol–water partition coefficient (Wildman–Crippen LogP) is 0.0636. The van der Waals surface area contributed by atoms with Gasteiger partial charge < -0.3 is 14.6 Å². The number of nitrogens with zero attached hydrogens (tertiary/aromatic N) is 1. The summed E-state index contributed by atoms with van der Waals surface area (Å²) in [5.41, 5.74) is 0. The van der Waals surface area contributed by atoms with Crippen molar-refractivity contribution in [2.75, 3.05) is 39.5 Å². The highest BCUT2D eigenvalue weighted by molar-refractivity contribution is 4.73. The van der Waals surface area contributed by atoms with E-state index in [1.807, 2.05) is 0 Å². The molecule has 82 valence electrons. The molecule has 0 aromatic carbocycles. The van der Waals surface area contributed by atoms with Crippen molar-refractivity contribution in [2.24, 2.45) is 5.92 Å². The summed E-state index contributed by atoms with van der Waals surface area (Å²) in [6.07, 6.45) is 2.30. The van der Waals surface area contributed by atoms with E-state index in [1.165, 1.54) is 6.42 Å². The zero-order valence-corrected chi connectivity index (χ0v) is 8.52. The molecule has 2 fully saturated rings. The second kappa shape index (κ2) is 5.07. The molecule has 0 radical (unpaired) electrons. The molecule has 2 aliphatic heterocycles. The Morgan fingerprint density at radius 2 is 2.07 bits per heavy atom. The van der Waals surface area contributed by atoms with E-state index in [0.29, 0.717) is 12.5 Å². The van der Waals surface area contributed by atoms with Gasteiger partial charge in [-0.1, -0.05) is 0 Å². The second-order valence-electron chi connectivity index (χ2n) is 4.12. The number of piperidine rings is 1. The van der Waals surface area contributed by atoms with E-state index in [1.54, 1.807) is 0 Å². The molecule has 0 aromatic rings. The van der Waals surface area contributed by atoms with Crippen molar-refractivity contribution in [3.05, 3.63) is 0 Å². The quantitative estimate of drug-likeness (QED) is 0.701. The smallest absolute Gasteiger partial charge is 0.170 e. The Hall–Kier alpha value is -0.160. The summed E-state index contributed by atoms with van der Waals surface area (Å²) in [5.74, 6) is 0.449. The monoisotopic (exact) mass is 201 g/mol. The summed E-state index contributed by atoms with van der Waals surface area (Å²) < 4.78 is 10.8. The maximum atomic E-state index is 9.08. The topological polar surface area (TPSA) is 41.9 Å². The number of aliphatic hydroxyl groups is 1. The van der Waals surface area contributed by atoms with E-state index in [-0.39, 0.29) is 6.29 Å². The minimum absolute atomic E-state index is 0.0348. The van der Waals surface area contributed by atoms with Crippen LogP contribution in [0, 0.1) is 5.92 Å². The van der Waals surface area contributed by atoms with Gasteiger partial charge in [0.05, 0.1) is 13.2 Å². The van der Waals surface area contributed by atoms with Gasteiger partial charge in [-0.3, -0.25) is 4.90 Å². The molecule has 14 heavy (non-hydrogen) atoms. The largest absolute Gasteiger partial charge is 0.396 e. The molecule has 2 saturated heterocycles. The molecular weight excluding hydrogens is 182 g/mol. The van der Waals surface area contributed by atoms with Gasteiger partial charge in [0, 0.05) is 19.7 Å². The lowest BCUT2D eigenvalue weighted by molar-refractivity contribution is -0.0685. The van der Waals surface area contributed by atoms with Gasteiger partial charge >= 0.3 is 0 Å². The Labute approximate surface area is 84.8 Å². The number of ether oxygens (including phenoxy) is 2. The molecule has 4 heteroatoms. The minimum Gasteiger partial charge on any atom is -0.396 e. The van der Waals surface area contributed by atoms with Crippen LogP contribution in [0.3, 0.4) is 0 Å². The predicted molar refractivity (Wildman–Crippen MR) is 51.9 cm³/mol. The number of aliphatic hydroxyl groups excluding tert-OH is 1. The summed E-state index contributed by atoms with van der Waals surface area (Å²) in [7, 11) is 0. The molecule has 1 atom stereocenters. The second-order valence-corrected chi connectivity index (χ2v) is 4.12. The van der Waals surface area contributed by atoms with Crippen molar-refractivity contribution in [1.82, 2.24) is 4.90 Å². The van der Waals surface area contributed by atoms with Crippen molar-refractivity contribution in [3.8, 4) is 0 Å². The van der Waals surface area contributed by atoms with E-state index < -0.39 is 0 Å². The Morgan fingerprint density at radius 1 is 1.29 bits per heavy atom. The van der Waals surface area contributed by atoms with Crippen LogP contribution in [0.15, 0.2) is 0 Å². The van der Waals surface area contributed by atoms with Crippen molar-refractivity contribution >= 4 is 0 Å². The maximum absolute atomic E-state index is 9.08. The van der Waals surface area contributed by atoms with Crippen molar-refractivity contribution in [1.29, 1.82) is 0 Å². The summed E-state index contributed by atoms with van der Waals surface area (Å²) in [5, 5.41) is 9.08. The van der Waals surface area contributed by atoms with E-state index in [9.17, 15) is 0 Å². The summed E-state index contributed by atoms with van der Waals surface area (Å²) in [6, 6.07) is 0. The molecule has 2 aliphatic rings. The van der Waals surface area contributed by atoms with Crippen molar-refractivity contribution < 1.29 is 14.6 Å². The summed E-state index contributed by atoms with van der Waals surface area (Å²) >= 11 is 0. The van der Waals surface area contributed by atoms with Crippen LogP contribution in [0.4, 0.5) is 0 Å². The molecule has 2 heterocycles. The first-order valence-electron chi connectivity index (χ1n) is 5.45. The fourth-order valence-electron chi connectivity index (χ4n) is 2.19. The first-order valence-corrected chi connectivity index (χ1v) is 5.45. The summed E-state index contributed by atoms with van der Waals surface area (Å²) in [6.45, 7) is 4.71. The van der Waals surface area contributed by atoms with Crippen LogP contribution in [0.1, 0.15) is 12.8 Å². The lowest BCUT2D eigenvalue weighted by Crippen LogP contribution is -2.41. The zero-order valence-electron chi connectivity index (χ0n) is 8.52. The molecule has 0 bridgehead atoms. The van der Waals surface area contributed by atoms with Crippen molar-refractivity contribution in [3.63, 3.8) is 0 Å². The van der Waals surface area contributed by atoms with E-state index in [4.69, 9.17) is 14.6 Å². The highest BCUT2D eigenvalue weighted by Crippen LogP contribution is 2.17. The number of hydrogen-bond donors (Lipinski definition) is 1. The fourth-order valence-corrected chi connectivity index (χ4v) is 2.19.